The molecule has 0 bridgehead atoms. The number of ether oxygens (including phenoxy) is 1. The van der Waals surface area contributed by atoms with Crippen molar-refractivity contribution in [2.24, 2.45) is 23.7 Å². The van der Waals surface area contributed by atoms with E-state index in [1.807, 2.05) is 0 Å². The van der Waals surface area contributed by atoms with Crippen LogP contribution in [0.1, 0.15) is 58.3 Å². The zero-order valence-corrected chi connectivity index (χ0v) is 16.0. The van der Waals surface area contributed by atoms with Crippen molar-refractivity contribution in [3.05, 3.63) is 36.1 Å². The molecule has 2 fully saturated rings. The molecule has 0 aromatic rings. The van der Waals surface area contributed by atoms with Gasteiger partial charge in [0.05, 0.1) is 0 Å². The van der Waals surface area contributed by atoms with Crippen molar-refractivity contribution < 1.29 is 22.3 Å². The lowest BCUT2D eigenvalue weighted by molar-refractivity contribution is -0.189. The first-order valence-corrected chi connectivity index (χ1v) is 10.2. The summed E-state index contributed by atoms with van der Waals surface area (Å²) in [4.78, 5) is 0. The summed E-state index contributed by atoms with van der Waals surface area (Å²) >= 11 is 0. The SMILES string of the molecule is C=CCOC1=CC=C(C2CCC(C3CCC(C)CC3)CC2)C(F)(F)C1(F)F. The maximum absolute atomic E-state index is 14.6. The Morgan fingerprint density at radius 3 is 2.04 bits per heavy atom. The summed E-state index contributed by atoms with van der Waals surface area (Å²) in [5, 5.41) is 0. The van der Waals surface area contributed by atoms with Crippen molar-refractivity contribution in [3.8, 4) is 0 Å². The van der Waals surface area contributed by atoms with Crippen LogP contribution in [0.25, 0.3) is 0 Å². The highest BCUT2D eigenvalue weighted by atomic mass is 19.3. The lowest BCUT2D eigenvalue weighted by atomic mass is 9.67. The Morgan fingerprint density at radius 2 is 1.48 bits per heavy atom. The van der Waals surface area contributed by atoms with Gasteiger partial charge in [0.1, 0.15) is 6.61 Å². The predicted octanol–water partition coefficient (Wildman–Crippen LogP) is 6.92. The fourth-order valence-electron chi connectivity index (χ4n) is 5.05. The van der Waals surface area contributed by atoms with Crippen molar-refractivity contribution in [3.63, 3.8) is 0 Å². The molecule has 27 heavy (non-hydrogen) atoms. The third kappa shape index (κ3) is 3.97. The molecule has 1 nitrogen and oxygen atoms in total. The van der Waals surface area contributed by atoms with Crippen LogP contribution in [-0.4, -0.2) is 18.5 Å². The molecule has 0 aromatic carbocycles. The maximum Gasteiger partial charge on any atom is 0.370 e. The van der Waals surface area contributed by atoms with E-state index in [-0.39, 0.29) is 6.61 Å². The van der Waals surface area contributed by atoms with Gasteiger partial charge in [0, 0.05) is 5.57 Å². The normalized spacial score (nSPS) is 35.7. The van der Waals surface area contributed by atoms with Crippen LogP contribution in [0.3, 0.4) is 0 Å². The van der Waals surface area contributed by atoms with E-state index in [0.717, 1.165) is 24.8 Å². The first kappa shape index (κ1) is 20.5. The zero-order chi connectivity index (χ0) is 19.7. The van der Waals surface area contributed by atoms with Gasteiger partial charge in [-0.25, -0.2) is 0 Å². The molecule has 152 valence electrons. The molecule has 0 spiro atoms. The third-order valence-electron chi connectivity index (χ3n) is 6.78. The smallest absolute Gasteiger partial charge is 0.370 e. The van der Waals surface area contributed by atoms with Gasteiger partial charge in [0.25, 0.3) is 0 Å². The van der Waals surface area contributed by atoms with Gasteiger partial charge in [-0.05, 0) is 68.3 Å². The van der Waals surface area contributed by atoms with Gasteiger partial charge in [-0.3, -0.25) is 0 Å². The van der Waals surface area contributed by atoms with Gasteiger partial charge in [0.15, 0.2) is 5.76 Å². The van der Waals surface area contributed by atoms with E-state index in [4.69, 9.17) is 4.74 Å². The van der Waals surface area contributed by atoms with Gasteiger partial charge in [-0.15, -0.1) is 0 Å². The molecular formula is C22H30F4O. The number of hydrogen-bond acceptors (Lipinski definition) is 1. The standard InChI is InChI=1S/C22H30F4O/c1-3-14-27-20-13-12-19(21(23,24)22(20,25)26)18-10-8-17(9-11-18)16-6-4-15(2)5-7-16/h3,12-13,15-18H,1,4-11,14H2,2H3. The van der Waals surface area contributed by atoms with E-state index in [1.54, 1.807) is 0 Å². The summed E-state index contributed by atoms with van der Waals surface area (Å²) < 4.78 is 62.8. The summed E-state index contributed by atoms with van der Waals surface area (Å²) in [7, 11) is 0. The molecule has 0 saturated heterocycles. The zero-order valence-electron chi connectivity index (χ0n) is 16.0. The number of alkyl halides is 4. The number of allylic oxidation sites excluding steroid dienone is 4. The van der Waals surface area contributed by atoms with E-state index < -0.39 is 29.1 Å². The van der Waals surface area contributed by atoms with Crippen LogP contribution in [0.2, 0.25) is 0 Å². The average molecular weight is 386 g/mol. The fraction of sp³-hybridized carbons (Fsp3) is 0.727. The lowest BCUT2D eigenvalue weighted by Gasteiger charge is -2.40. The minimum Gasteiger partial charge on any atom is -0.487 e. The van der Waals surface area contributed by atoms with Gasteiger partial charge in [0.2, 0.25) is 0 Å². The van der Waals surface area contributed by atoms with E-state index >= 15 is 0 Å². The summed E-state index contributed by atoms with van der Waals surface area (Å²) in [5.41, 5.74) is -0.422. The molecule has 0 heterocycles. The number of rotatable bonds is 5. The van der Waals surface area contributed by atoms with Crippen LogP contribution < -0.4 is 0 Å². The highest BCUT2D eigenvalue weighted by Crippen LogP contribution is 2.53. The predicted molar refractivity (Wildman–Crippen MR) is 98.8 cm³/mol. The maximum atomic E-state index is 14.6. The second-order valence-corrected chi connectivity index (χ2v) is 8.53. The molecule has 0 atom stereocenters. The monoisotopic (exact) mass is 386 g/mol. The van der Waals surface area contributed by atoms with Gasteiger partial charge in [-0.1, -0.05) is 38.5 Å². The lowest BCUT2D eigenvalue weighted by Crippen LogP contribution is -2.48. The topological polar surface area (TPSA) is 9.23 Å². The fourth-order valence-corrected chi connectivity index (χ4v) is 5.05. The van der Waals surface area contributed by atoms with Crippen molar-refractivity contribution in [2.75, 3.05) is 6.61 Å². The summed E-state index contributed by atoms with van der Waals surface area (Å²) in [6.45, 7) is 5.43. The molecule has 0 aromatic heterocycles. The average Bonchev–Trinajstić information content (AvgIpc) is 2.64. The Hall–Kier alpha value is -1.26. The Balaban J connectivity index is 1.67. The van der Waals surface area contributed by atoms with Crippen LogP contribution in [0.15, 0.2) is 36.1 Å². The van der Waals surface area contributed by atoms with E-state index in [2.05, 4.69) is 13.5 Å². The number of hydrogen-bond donors (Lipinski definition) is 0. The Kier molecular flexibility index (Phi) is 6.07. The van der Waals surface area contributed by atoms with Gasteiger partial charge in [-0.2, -0.15) is 17.6 Å². The Morgan fingerprint density at radius 1 is 0.926 bits per heavy atom. The Labute approximate surface area is 159 Å². The molecule has 3 rings (SSSR count). The highest BCUT2D eigenvalue weighted by molar-refractivity contribution is 5.37. The van der Waals surface area contributed by atoms with Crippen LogP contribution in [0.4, 0.5) is 17.6 Å². The second-order valence-electron chi connectivity index (χ2n) is 8.53. The first-order chi connectivity index (χ1) is 12.8. The van der Waals surface area contributed by atoms with E-state index in [0.29, 0.717) is 24.7 Å². The summed E-state index contributed by atoms with van der Waals surface area (Å²) in [6, 6.07) is 0. The quantitative estimate of drug-likeness (QED) is 0.368. The minimum atomic E-state index is -4.31. The van der Waals surface area contributed by atoms with Crippen LogP contribution >= 0.6 is 0 Å². The summed E-state index contributed by atoms with van der Waals surface area (Å²) in [6.07, 6.45) is 11.3. The molecule has 0 unspecified atom stereocenters. The minimum absolute atomic E-state index is 0.216. The summed E-state index contributed by atoms with van der Waals surface area (Å²) in [5.74, 6) is -7.91. The molecule has 0 aliphatic heterocycles. The molecule has 0 amide bonds. The van der Waals surface area contributed by atoms with Crippen LogP contribution in [0.5, 0.6) is 0 Å². The highest BCUT2D eigenvalue weighted by Gasteiger charge is 2.64. The van der Waals surface area contributed by atoms with Crippen LogP contribution in [-0.2, 0) is 4.74 Å². The molecule has 0 radical (unpaired) electrons. The van der Waals surface area contributed by atoms with Gasteiger partial charge < -0.3 is 4.74 Å². The van der Waals surface area contributed by atoms with Crippen molar-refractivity contribution in [1.29, 1.82) is 0 Å². The third-order valence-corrected chi connectivity index (χ3v) is 6.78. The number of halogens is 4. The van der Waals surface area contributed by atoms with E-state index in [1.165, 1.54) is 37.8 Å². The van der Waals surface area contributed by atoms with E-state index in [9.17, 15) is 17.6 Å². The first-order valence-electron chi connectivity index (χ1n) is 10.2. The second kappa shape index (κ2) is 8.00. The molecule has 2 saturated carbocycles. The van der Waals surface area contributed by atoms with Crippen molar-refractivity contribution in [2.45, 2.75) is 70.1 Å². The molecule has 0 N–H and O–H groups in total. The van der Waals surface area contributed by atoms with Crippen molar-refractivity contribution >= 4 is 0 Å². The molecule has 5 heteroatoms. The molecule has 3 aliphatic rings. The molecule has 3 aliphatic carbocycles. The molecular weight excluding hydrogens is 356 g/mol. The van der Waals surface area contributed by atoms with Crippen LogP contribution in [0, 0.1) is 23.7 Å². The largest absolute Gasteiger partial charge is 0.487 e. The van der Waals surface area contributed by atoms with Gasteiger partial charge >= 0.3 is 11.8 Å². The van der Waals surface area contributed by atoms with Crippen molar-refractivity contribution in [1.82, 2.24) is 0 Å². The Bertz CT molecular complexity index is 591.